The highest BCUT2D eigenvalue weighted by Gasteiger charge is 2.21. The van der Waals surface area contributed by atoms with Gasteiger partial charge in [-0.25, -0.2) is 0 Å². The topological polar surface area (TPSA) is 36.9 Å². The summed E-state index contributed by atoms with van der Waals surface area (Å²) in [6.07, 6.45) is 3.79. The van der Waals surface area contributed by atoms with Gasteiger partial charge in [-0.15, -0.1) is 24.0 Å². The molecule has 1 aliphatic heterocycles. The Hall–Kier alpha value is -0.820. The molecule has 5 heteroatoms. The third kappa shape index (κ3) is 5.64. The molecule has 1 aromatic carbocycles. The van der Waals surface area contributed by atoms with Crippen LogP contribution in [0.15, 0.2) is 29.3 Å². The summed E-state index contributed by atoms with van der Waals surface area (Å²) in [5.74, 6) is 1.85. The summed E-state index contributed by atoms with van der Waals surface area (Å²) < 4.78 is 5.68. The number of halogens is 1. The summed E-state index contributed by atoms with van der Waals surface area (Å²) in [5.41, 5.74) is 2.90. The van der Waals surface area contributed by atoms with Crippen LogP contribution in [0.2, 0.25) is 0 Å². The predicted molar refractivity (Wildman–Crippen MR) is 105 cm³/mol. The Morgan fingerprint density at radius 3 is 2.83 bits per heavy atom. The molecule has 1 fully saturated rings. The minimum absolute atomic E-state index is 0. The quantitative estimate of drug-likeness (QED) is 0.327. The standard InChI is InChI=1S/C18H27N3O.HI/c1-2-19-18(20-10-12-22-14-15-7-8-15)21-11-9-16-5-3-4-6-17(16)13-21;/h3-6,15H,2,7-14H2,1H3,(H,19,20);1H. The first-order chi connectivity index (χ1) is 10.9. The first-order valence-corrected chi connectivity index (χ1v) is 8.54. The molecule has 0 radical (unpaired) electrons. The molecule has 0 saturated heterocycles. The van der Waals surface area contributed by atoms with E-state index in [2.05, 4.69) is 41.4 Å². The van der Waals surface area contributed by atoms with Gasteiger partial charge in [0.05, 0.1) is 13.2 Å². The first-order valence-electron chi connectivity index (χ1n) is 8.54. The van der Waals surface area contributed by atoms with Gasteiger partial charge in [0.25, 0.3) is 0 Å². The van der Waals surface area contributed by atoms with Crippen molar-refractivity contribution in [3.8, 4) is 0 Å². The number of benzene rings is 1. The van der Waals surface area contributed by atoms with Crippen molar-refractivity contribution in [1.82, 2.24) is 10.2 Å². The third-order valence-corrected chi connectivity index (χ3v) is 4.31. The van der Waals surface area contributed by atoms with E-state index >= 15 is 0 Å². The average Bonchev–Trinajstić information content (AvgIpc) is 3.37. The Morgan fingerprint density at radius 1 is 1.30 bits per heavy atom. The van der Waals surface area contributed by atoms with Gasteiger partial charge in [0.15, 0.2) is 5.96 Å². The molecule has 1 N–H and O–H groups in total. The lowest BCUT2D eigenvalue weighted by Gasteiger charge is -2.31. The zero-order valence-electron chi connectivity index (χ0n) is 14.0. The summed E-state index contributed by atoms with van der Waals surface area (Å²) in [7, 11) is 0. The van der Waals surface area contributed by atoms with Crippen LogP contribution in [0.25, 0.3) is 0 Å². The number of fused-ring (bicyclic) bond motifs is 1. The minimum Gasteiger partial charge on any atom is -0.379 e. The minimum atomic E-state index is 0. The second kappa shape index (κ2) is 9.47. The molecule has 0 unspecified atom stereocenters. The SMILES string of the molecule is CCNC(=NCCOCC1CC1)N1CCc2ccccc2C1.I. The molecule has 0 spiro atoms. The van der Waals surface area contributed by atoms with E-state index in [1.54, 1.807) is 0 Å². The summed E-state index contributed by atoms with van der Waals surface area (Å²) in [5, 5.41) is 3.42. The van der Waals surface area contributed by atoms with Crippen molar-refractivity contribution in [2.24, 2.45) is 10.9 Å². The van der Waals surface area contributed by atoms with Crippen LogP contribution >= 0.6 is 24.0 Å². The van der Waals surface area contributed by atoms with E-state index in [9.17, 15) is 0 Å². The molecule has 0 atom stereocenters. The number of nitrogens with one attached hydrogen (secondary N) is 1. The fraction of sp³-hybridized carbons (Fsp3) is 0.611. The molecule has 1 aliphatic carbocycles. The zero-order chi connectivity index (χ0) is 15.2. The smallest absolute Gasteiger partial charge is 0.194 e. The second-order valence-corrected chi connectivity index (χ2v) is 6.19. The third-order valence-electron chi connectivity index (χ3n) is 4.31. The Bertz CT molecular complexity index is 517. The van der Waals surface area contributed by atoms with Gasteiger partial charge in [-0.05, 0) is 43.2 Å². The number of guanidine groups is 1. The van der Waals surface area contributed by atoms with Crippen LogP contribution in [-0.4, -0.2) is 43.7 Å². The average molecular weight is 429 g/mol. The fourth-order valence-electron chi connectivity index (χ4n) is 2.85. The maximum absolute atomic E-state index is 5.68. The lowest BCUT2D eigenvalue weighted by atomic mass is 10.0. The van der Waals surface area contributed by atoms with Crippen LogP contribution in [0.5, 0.6) is 0 Å². The molecule has 1 aromatic rings. The first kappa shape index (κ1) is 18.5. The van der Waals surface area contributed by atoms with Crippen molar-refractivity contribution >= 4 is 29.9 Å². The van der Waals surface area contributed by atoms with Gasteiger partial charge >= 0.3 is 0 Å². The fourth-order valence-corrected chi connectivity index (χ4v) is 2.85. The van der Waals surface area contributed by atoms with Gasteiger partial charge < -0.3 is 15.0 Å². The van der Waals surface area contributed by atoms with Gasteiger partial charge in [0, 0.05) is 26.2 Å². The van der Waals surface area contributed by atoms with E-state index in [0.717, 1.165) is 57.7 Å². The molecule has 1 heterocycles. The van der Waals surface area contributed by atoms with Gasteiger partial charge in [-0.2, -0.15) is 0 Å². The van der Waals surface area contributed by atoms with Crippen molar-refractivity contribution in [3.63, 3.8) is 0 Å². The number of rotatable bonds is 6. The largest absolute Gasteiger partial charge is 0.379 e. The Kier molecular flexibility index (Phi) is 7.62. The van der Waals surface area contributed by atoms with Crippen LogP contribution in [0, 0.1) is 5.92 Å². The molecule has 23 heavy (non-hydrogen) atoms. The highest BCUT2D eigenvalue weighted by Crippen LogP contribution is 2.28. The van der Waals surface area contributed by atoms with E-state index in [0.29, 0.717) is 0 Å². The molecule has 4 nitrogen and oxygen atoms in total. The molecule has 0 aromatic heterocycles. The molecular weight excluding hydrogens is 401 g/mol. The van der Waals surface area contributed by atoms with Crippen LogP contribution in [0.1, 0.15) is 30.9 Å². The van der Waals surface area contributed by atoms with Crippen LogP contribution in [0.3, 0.4) is 0 Å². The van der Waals surface area contributed by atoms with Gasteiger partial charge in [0.2, 0.25) is 0 Å². The molecule has 1 saturated carbocycles. The van der Waals surface area contributed by atoms with E-state index in [1.165, 1.54) is 24.0 Å². The van der Waals surface area contributed by atoms with Crippen molar-refractivity contribution in [3.05, 3.63) is 35.4 Å². The summed E-state index contributed by atoms with van der Waals surface area (Å²) in [4.78, 5) is 7.09. The van der Waals surface area contributed by atoms with Crippen LogP contribution < -0.4 is 5.32 Å². The van der Waals surface area contributed by atoms with Gasteiger partial charge in [-0.3, -0.25) is 4.99 Å². The Labute approximate surface area is 156 Å². The number of hydrogen-bond acceptors (Lipinski definition) is 2. The lowest BCUT2D eigenvalue weighted by molar-refractivity contribution is 0.131. The number of aliphatic imine (C=N–C) groups is 1. The number of hydrogen-bond donors (Lipinski definition) is 1. The van der Waals surface area contributed by atoms with Crippen molar-refractivity contribution < 1.29 is 4.74 Å². The Balaban J connectivity index is 0.00000192. The molecule has 2 aliphatic rings. The maximum Gasteiger partial charge on any atom is 0.194 e. The number of nitrogens with zero attached hydrogens (tertiary/aromatic N) is 2. The lowest BCUT2D eigenvalue weighted by Crippen LogP contribution is -2.44. The van der Waals surface area contributed by atoms with Crippen molar-refractivity contribution in [2.45, 2.75) is 32.7 Å². The van der Waals surface area contributed by atoms with Crippen molar-refractivity contribution in [2.75, 3.05) is 32.8 Å². The number of ether oxygens (including phenoxy) is 1. The van der Waals surface area contributed by atoms with E-state index in [-0.39, 0.29) is 24.0 Å². The van der Waals surface area contributed by atoms with Crippen LogP contribution in [0.4, 0.5) is 0 Å². The predicted octanol–water partition coefficient (Wildman–Crippen LogP) is 3.05. The molecule has 0 bridgehead atoms. The van der Waals surface area contributed by atoms with Gasteiger partial charge in [0.1, 0.15) is 0 Å². The summed E-state index contributed by atoms with van der Waals surface area (Å²) in [6, 6.07) is 8.72. The van der Waals surface area contributed by atoms with Crippen LogP contribution in [-0.2, 0) is 17.7 Å². The van der Waals surface area contributed by atoms with Crippen molar-refractivity contribution in [1.29, 1.82) is 0 Å². The molecular formula is C18H28IN3O. The molecule has 3 rings (SSSR count). The normalized spacial score (nSPS) is 17.4. The summed E-state index contributed by atoms with van der Waals surface area (Å²) in [6.45, 7) is 7.40. The maximum atomic E-state index is 5.68. The monoisotopic (exact) mass is 429 g/mol. The molecule has 0 amide bonds. The van der Waals surface area contributed by atoms with Gasteiger partial charge in [-0.1, -0.05) is 24.3 Å². The summed E-state index contributed by atoms with van der Waals surface area (Å²) >= 11 is 0. The van der Waals surface area contributed by atoms with E-state index in [1.807, 2.05) is 0 Å². The Morgan fingerprint density at radius 2 is 2.09 bits per heavy atom. The highest BCUT2D eigenvalue weighted by atomic mass is 127. The highest BCUT2D eigenvalue weighted by molar-refractivity contribution is 14.0. The second-order valence-electron chi connectivity index (χ2n) is 6.19. The molecule has 128 valence electrons. The van der Waals surface area contributed by atoms with E-state index < -0.39 is 0 Å². The van der Waals surface area contributed by atoms with E-state index in [4.69, 9.17) is 9.73 Å². The zero-order valence-corrected chi connectivity index (χ0v) is 16.3.